The maximum atomic E-state index is 13.1. The number of anilines is 1. The van der Waals surface area contributed by atoms with Crippen LogP contribution in [0.4, 0.5) is 10.2 Å². The normalized spacial score (nSPS) is 17.8. The number of carbonyl (C=O) groups is 1. The Morgan fingerprint density at radius 2 is 2.08 bits per heavy atom. The summed E-state index contributed by atoms with van der Waals surface area (Å²) in [5.41, 5.74) is 2.35. The van der Waals surface area contributed by atoms with Crippen molar-refractivity contribution in [1.29, 1.82) is 0 Å². The molecule has 6 nitrogen and oxygen atoms in total. The molecule has 1 aromatic carbocycles. The van der Waals surface area contributed by atoms with Crippen molar-refractivity contribution < 1.29 is 14.3 Å². The van der Waals surface area contributed by atoms with E-state index < -0.39 is 5.97 Å². The first-order valence-electron chi connectivity index (χ1n) is 8.20. The number of carboxylic acids is 1. The lowest BCUT2D eigenvalue weighted by molar-refractivity contribution is -0.141. The second kappa shape index (κ2) is 6.16. The minimum atomic E-state index is -0.767. The fourth-order valence-corrected chi connectivity index (χ4v) is 3.28. The van der Waals surface area contributed by atoms with Gasteiger partial charge in [0.05, 0.1) is 11.6 Å². The van der Waals surface area contributed by atoms with Gasteiger partial charge in [-0.05, 0) is 43.2 Å². The lowest BCUT2D eigenvalue weighted by atomic mass is 9.98. The molecular weight excluding hydrogens is 323 g/mol. The van der Waals surface area contributed by atoms with E-state index in [1.807, 2.05) is 11.0 Å². The van der Waals surface area contributed by atoms with Gasteiger partial charge >= 0.3 is 5.97 Å². The molecule has 0 radical (unpaired) electrons. The smallest absolute Gasteiger partial charge is 0.308 e. The zero-order valence-corrected chi connectivity index (χ0v) is 13.5. The molecule has 0 spiro atoms. The van der Waals surface area contributed by atoms with Gasteiger partial charge < -0.3 is 10.0 Å². The third-order valence-electron chi connectivity index (χ3n) is 4.58. The van der Waals surface area contributed by atoms with Crippen LogP contribution in [-0.4, -0.2) is 38.8 Å². The number of nitrogens with zero attached hydrogens (tertiary/aromatic N) is 4. The summed E-state index contributed by atoms with van der Waals surface area (Å²) >= 11 is 0. The molecule has 0 amide bonds. The molecule has 1 atom stereocenters. The Labute approximate surface area is 143 Å². The third kappa shape index (κ3) is 2.93. The Morgan fingerprint density at radius 1 is 1.28 bits per heavy atom. The number of rotatable bonds is 3. The molecule has 1 fully saturated rings. The molecule has 3 aromatic rings. The highest BCUT2D eigenvalue weighted by atomic mass is 19.1. The van der Waals surface area contributed by atoms with Crippen LogP contribution in [0, 0.1) is 11.7 Å². The minimum Gasteiger partial charge on any atom is -0.481 e. The standard InChI is InChI=1S/C18H17FN4O2/c19-14-5-3-12(4-6-14)15-10-16-17(20-7-9-23(16)21-15)22-8-1-2-13(11-22)18(24)25/h3-7,9-10,13H,1-2,8,11H2,(H,24,25). The van der Waals surface area contributed by atoms with Crippen molar-refractivity contribution in [3.05, 3.63) is 48.5 Å². The summed E-state index contributed by atoms with van der Waals surface area (Å²) in [4.78, 5) is 17.8. The third-order valence-corrected chi connectivity index (χ3v) is 4.58. The number of hydrogen-bond acceptors (Lipinski definition) is 4. The van der Waals surface area contributed by atoms with E-state index >= 15 is 0 Å². The molecule has 25 heavy (non-hydrogen) atoms. The fourth-order valence-electron chi connectivity index (χ4n) is 3.28. The van der Waals surface area contributed by atoms with E-state index in [1.165, 1.54) is 12.1 Å². The first-order valence-corrected chi connectivity index (χ1v) is 8.20. The number of hydrogen-bond donors (Lipinski definition) is 1. The van der Waals surface area contributed by atoms with Gasteiger partial charge in [-0.1, -0.05) is 0 Å². The number of aliphatic carboxylic acids is 1. The van der Waals surface area contributed by atoms with Gasteiger partial charge in [0.15, 0.2) is 5.82 Å². The van der Waals surface area contributed by atoms with Crippen LogP contribution >= 0.6 is 0 Å². The van der Waals surface area contributed by atoms with Crippen molar-refractivity contribution in [2.24, 2.45) is 5.92 Å². The predicted molar refractivity (Wildman–Crippen MR) is 91.0 cm³/mol. The van der Waals surface area contributed by atoms with Crippen LogP contribution in [0.3, 0.4) is 0 Å². The number of carboxylic acid groups (broad SMARTS) is 1. The van der Waals surface area contributed by atoms with E-state index in [4.69, 9.17) is 0 Å². The average Bonchev–Trinajstić information content (AvgIpc) is 3.06. The van der Waals surface area contributed by atoms with Crippen LogP contribution in [0.5, 0.6) is 0 Å². The predicted octanol–water partition coefficient (Wildman–Crippen LogP) is 2.84. The van der Waals surface area contributed by atoms with Gasteiger partial charge in [-0.3, -0.25) is 4.79 Å². The summed E-state index contributed by atoms with van der Waals surface area (Å²) in [7, 11) is 0. The van der Waals surface area contributed by atoms with Crippen LogP contribution < -0.4 is 4.90 Å². The minimum absolute atomic E-state index is 0.289. The second-order valence-corrected chi connectivity index (χ2v) is 6.24. The summed E-state index contributed by atoms with van der Waals surface area (Å²) in [6.45, 7) is 1.21. The number of fused-ring (bicyclic) bond motifs is 1. The van der Waals surface area contributed by atoms with E-state index in [9.17, 15) is 14.3 Å². The molecule has 1 aliphatic rings. The molecule has 1 aliphatic heterocycles. The molecule has 7 heteroatoms. The summed E-state index contributed by atoms with van der Waals surface area (Å²) in [6, 6.07) is 8.08. The van der Waals surface area contributed by atoms with Crippen molar-refractivity contribution in [3.8, 4) is 11.3 Å². The van der Waals surface area contributed by atoms with Crippen molar-refractivity contribution in [2.75, 3.05) is 18.0 Å². The quantitative estimate of drug-likeness (QED) is 0.794. The summed E-state index contributed by atoms with van der Waals surface area (Å²) in [5.74, 6) is -0.704. The van der Waals surface area contributed by atoms with E-state index in [2.05, 4.69) is 10.1 Å². The first kappa shape index (κ1) is 15.6. The summed E-state index contributed by atoms with van der Waals surface area (Å²) in [6.07, 6.45) is 4.92. The van der Waals surface area contributed by atoms with Gasteiger partial charge in [-0.15, -0.1) is 0 Å². The highest BCUT2D eigenvalue weighted by Crippen LogP contribution is 2.28. The number of benzene rings is 1. The lowest BCUT2D eigenvalue weighted by Gasteiger charge is -2.31. The van der Waals surface area contributed by atoms with Crippen molar-refractivity contribution in [3.63, 3.8) is 0 Å². The van der Waals surface area contributed by atoms with E-state index in [0.717, 1.165) is 35.6 Å². The van der Waals surface area contributed by atoms with Gasteiger partial charge in [-0.2, -0.15) is 5.10 Å². The Hall–Kier alpha value is -2.96. The van der Waals surface area contributed by atoms with Crippen LogP contribution in [0.1, 0.15) is 12.8 Å². The van der Waals surface area contributed by atoms with Crippen molar-refractivity contribution in [1.82, 2.24) is 14.6 Å². The molecule has 128 valence electrons. The Morgan fingerprint density at radius 3 is 2.84 bits per heavy atom. The topological polar surface area (TPSA) is 70.7 Å². The molecule has 2 aromatic heterocycles. The monoisotopic (exact) mass is 340 g/mol. The zero-order valence-electron chi connectivity index (χ0n) is 13.5. The Balaban J connectivity index is 1.72. The van der Waals surface area contributed by atoms with Crippen molar-refractivity contribution in [2.45, 2.75) is 12.8 Å². The lowest BCUT2D eigenvalue weighted by Crippen LogP contribution is -2.39. The zero-order chi connectivity index (χ0) is 17.4. The largest absolute Gasteiger partial charge is 0.481 e. The van der Waals surface area contributed by atoms with Gasteiger partial charge in [0.1, 0.15) is 11.3 Å². The average molecular weight is 340 g/mol. The van der Waals surface area contributed by atoms with Crippen LogP contribution in [0.2, 0.25) is 0 Å². The highest BCUT2D eigenvalue weighted by Gasteiger charge is 2.27. The summed E-state index contributed by atoms with van der Waals surface area (Å²) < 4.78 is 14.9. The fraction of sp³-hybridized carbons (Fsp3) is 0.278. The number of halogens is 1. The molecule has 3 heterocycles. The molecule has 0 saturated carbocycles. The van der Waals surface area contributed by atoms with Gasteiger partial charge in [0.2, 0.25) is 0 Å². The van der Waals surface area contributed by atoms with Gasteiger partial charge in [0.25, 0.3) is 0 Å². The van der Waals surface area contributed by atoms with Gasteiger partial charge in [-0.25, -0.2) is 13.9 Å². The Bertz CT molecular complexity index is 922. The molecule has 4 rings (SSSR count). The maximum Gasteiger partial charge on any atom is 0.308 e. The number of piperidine rings is 1. The van der Waals surface area contributed by atoms with E-state index in [1.54, 1.807) is 29.0 Å². The molecule has 1 saturated heterocycles. The highest BCUT2D eigenvalue weighted by molar-refractivity contribution is 5.76. The van der Waals surface area contributed by atoms with Gasteiger partial charge in [0, 0.05) is 31.0 Å². The summed E-state index contributed by atoms with van der Waals surface area (Å²) in [5, 5.41) is 13.8. The van der Waals surface area contributed by atoms with Crippen LogP contribution in [0.15, 0.2) is 42.7 Å². The molecule has 1 unspecified atom stereocenters. The van der Waals surface area contributed by atoms with E-state index in [-0.39, 0.29) is 11.7 Å². The van der Waals surface area contributed by atoms with Crippen LogP contribution in [-0.2, 0) is 4.79 Å². The molecular formula is C18H17FN4O2. The van der Waals surface area contributed by atoms with Crippen LogP contribution in [0.25, 0.3) is 16.8 Å². The molecule has 0 bridgehead atoms. The maximum absolute atomic E-state index is 13.1. The Kier molecular flexibility index (Phi) is 3.83. The SMILES string of the molecule is O=C(O)C1CCCN(c2nccn3nc(-c4ccc(F)cc4)cc23)C1. The molecule has 0 aliphatic carbocycles. The molecule has 1 N–H and O–H groups in total. The van der Waals surface area contributed by atoms with E-state index in [0.29, 0.717) is 13.0 Å². The van der Waals surface area contributed by atoms with Crippen molar-refractivity contribution >= 4 is 17.3 Å². The first-order chi connectivity index (χ1) is 12.1. The number of aromatic nitrogens is 3. The second-order valence-electron chi connectivity index (χ2n) is 6.24.